The van der Waals surface area contributed by atoms with E-state index in [2.05, 4.69) is 0 Å². The zero-order valence-electron chi connectivity index (χ0n) is 7.82. The molecule has 0 aliphatic heterocycles. The quantitative estimate of drug-likeness (QED) is 0.646. The fourth-order valence-corrected chi connectivity index (χ4v) is 1.18. The van der Waals surface area contributed by atoms with Gasteiger partial charge in [-0.25, -0.2) is 0 Å². The molecule has 0 aliphatic carbocycles. The van der Waals surface area contributed by atoms with Crippen molar-refractivity contribution in [3.63, 3.8) is 0 Å². The molecule has 0 unspecified atom stereocenters. The average molecular weight is 178 g/mol. The second-order valence-corrected chi connectivity index (χ2v) is 2.79. The minimum Gasteiger partial charge on any atom is -0.494 e. The first-order valence-electron chi connectivity index (χ1n) is 4.52. The number of carbonyl (C=O) groups is 1. The molecule has 0 bridgehead atoms. The van der Waals surface area contributed by atoms with E-state index in [9.17, 15) is 4.79 Å². The maximum absolute atomic E-state index is 10.2. The second-order valence-electron chi connectivity index (χ2n) is 2.79. The predicted octanol–water partition coefficient (Wildman–Crippen LogP) is 2.22. The summed E-state index contributed by atoms with van der Waals surface area (Å²) < 4.78 is 5.34. The molecular formula is C11H14O2. The normalized spacial score (nSPS) is 9.62. The summed E-state index contributed by atoms with van der Waals surface area (Å²) in [5.74, 6) is 0.880. The summed E-state index contributed by atoms with van der Waals surface area (Å²) in [6.07, 6.45) is 2.31. The van der Waals surface area contributed by atoms with Crippen LogP contribution in [0.5, 0.6) is 5.75 Å². The number of aryl methyl sites for hydroxylation is 1. The smallest absolute Gasteiger partial charge is 0.120 e. The molecule has 0 spiro atoms. The van der Waals surface area contributed by atoms with Crippen LogP contribution in [0.2, 0.25) is 0 Å². The van der Waals surface area contributed by atoms with Crippen molar-refractivity contribution in [3.05, 3.63) is 29.8 Å². The zero-order chi connectivity index (χ0) is 9.52. The van der Waals surface area contributed by atoms with Gasteiger partial charge in [-0.05, 0) is 31.0 Å². The van der Waals surface area contributed by atoms with Crippen LogP contribution in [0, 0.1) is 0 Å². The molecule has 0 fully saturated rings. The number of aldehydes is 1. The Balaban J connectivity index is 2.61. The molecule has 0 saturated carbocycles. The summed E-state index contributed by atoms with van der Waals surface area (Å²) in [4.78, 5) is 10.2. The largest absolute Gasteiger partial charge is 0.494 e. The second kappa shape index (κ2) is 5.36. The van der Waals surface area contributed by atoms with Gasteiger partial charge in [0.15, 0.2) is 0 Å². The van der Waals surface area contributed by atoms with Gasteiger partial charge in [-0.3, -0.25) is 0 Å². The standard InChI is InChI=1S/C11H14O2/c1-2-13-11-7-3-5-10(9-11)6-4-8-12/h3,5,7-9H,2,4,6H2,1H3. The Morgan fingerprint density at radius 1 is 1.46 bits per heavy atom. The molecular weight excluding hydrogens is 164 g/mol. The Morgan fingerprint density at radius 3 is 3.00 bits per heavy atom. The highest BCUT2D eigenvalue weighted by Gasteiger charge is 1.95. The summed E-state index contributed by atoms with van der Waals surface area (Å²) in [5.41, 5.74) is 1.15. The predicted molar refractivity (Wildman–Crippen MR) is 52.0 cm³/mol. The van der Waals surface area contributed by atoms with Crippen LogP contribution in [-0.2, 0) is 11.2 Å². The van der Waals surface area contributed by atoms with Crippen molar-refractivity contribution < 1.29 is 9.53 Å². The van der Waals surface area contributed by atoms with Gasteiger partial charge in [0.25, 0.3) is 0 Å². The van der Waals surface area contributed by atoms with Crippen LogP contribution in [0.15, 0.2) is 24.3 Å². The van der Waals surface area contributed by atoms with Crippen LogP contribution >= 0.6 is 0 Å². The molecule has 1 aromatic rings. The van der Waals surface area contributed by atoms with E-state index in [1.807, 2.05) is 31.2 Å². The van der Waals surface area contributed by atoms with E-state index in [1.54, 1.807) is 0 Å². The maximum atomic E-state index is 10.2. The summed E-state index contributed by atoms with van der Waals surface area (Å²) in [6.45, 7) is 2.63. The lowest BCUT2D eigenvalue weighted by Crippen LogP contribution is -1.92. The molecule has 13 heavy (non-hydrogen) atoms. The van der Waals surface area contributed by atoms with Crippen LogP contribution in [0.3, 0.4) is 0 Å². The third kappa shape index (κ3) is 3.28. The van der Waals surface area contributed by atoms with Crippen molar-refractivity contribution in [1.82, 2.24) is 0 Å². The molecule has 2 heteroatoms. The summed E-state index contributed by atoms with van der Waals surface area (Å²) in [5, 5.41) is 0. The summed E-state index contributed by atoms with van der Waals surface area (Å²) >= 11 is 0. The fourth-order valence-electron chi connectivity index (χ4n) is 1.18. The molecule has 0 amide bonds. The van der Waals surface area contributed by atoms with E-state index in [0.717, 1.165) is 24.0 Å². The SMILES string of the molecule is CCOc1cccc(CCC=O)c1. The molecule has 0 atom stereocenters. The third-order valence-corrected chi connectivity index (χ3v) is 1.76. The molecule has 70 valence electrons. The molecule has 0 radical (unpaired) electrons. The van der Waals surface area contributed by atoms with Crippen LogP contribution in [0.1, 0.15) is 18.9 Å². The fraction of sp³-hybridized carbons (Fsp3) is 0.364. The topological polar surface area (TPSA) is 26.3 Å². The van der Waals surface area contributed by atoms with E-state index in [1.165, 1.54) is 0 Å². The Bertz CT molecular complexity index is 269. The van der Waals surface area contributed by atoms with E-state index < -0.39 is 0 Å². The monoisotopic (exact) mass is 178 g/mol. The van der Waals surface area contributed by atoms with Gasteiger partial charge in [-0.15, -0.1) is 0 Å². The summed E-state index contributed by atoms with van der Waals surface area (Å²) in [7, 11) is 0. The molecule has 0 saturated heterocycles. The van der Waals surface area contributed by atoms with Crippen molar-refractivity contribution in [1.29, 1.82) is 0 Å². The van der Waals surface area contributed by atoms with Gasteiger partial charge in [0.2, 0.25) is 0 Å². The van der Waals surface area contributed by atoms with Gasteiger partial charge < -0.3 is 9.53 Å². The molecule has 0 N–H and O–H groups in total. The average Bonchev–Trinajstić information content (AvgIpc) is 2.16. The van der Waals surface area contributed by atoms with E-state index in [4.69, 9.17) is 4.74 Å². The van der Waals surface area contributed by atoms with Crippen molar-refractivity contribution in [2.75, 3.05) is 6.61 Å². The van der Waals surface area contributed by atoms with Crippen LogP contribution in [-0.4, -0.2) is 12.9 Å². The molecule has 1 rings (SSSR count). The number of hydrogen-bond donors (Lipinski definition) is 0. The minimum atomic E-state index is 0.579. The molecule has 2 nitrogen and oxygen atoms in total. The van der Waals surface area contributed by atoms with E-state index in [-0.39, 0.29) is 0 Å². The number of ether oxygens (including phenoxy) is 1. The first-order valence-corrected chi connectivity index (χ1v) is 4.52. The van der Waals surface area contributed by atoms with Gasteiger partial charge in [0.1, 0.15) is 12.0 Å². The van der Waals surface area contributed by atoms with Crippen LogP contribution in [0.25, 0.3) is 0 Å². The van der Waals surface area contributed by atoms with Gasteiger partial charge in [-0.2, -0.15) is 0 Å². The molecule has 0 heterocycles. The third-order valence-electron chi connectivity index (χ3n) is 1.76. The molecule has 0 aromatic heterocycles. The highest BCUT2D eigenvalue weighted by atomic mass is 16.5. The highest BCUT2D eigenvalue weighted by molar-refractivity contribution is 5.50. The van der Waals surface area contributed by atoms with Crippen molar-refractivity contribution in [3.8, 4) is 5.75 Å². The van der Waals surface area contributed by atoms with Crippen molar-refractivity contribution >= 4 is 6.29 Å². The van der Waals surface area contributed by atoms with E-state index in [0.29, 0.717) is 13.0 Å². The maximum Gasteiger partial charge on any atom is 0.120 e. The van der Waals surface area contributed by atoms with Crippen LogP contribution in [0.4, 0.5) is 0 Å². The first kappa shape index (κ1) is 9.78. The Labute approximate surface area is 78.5 Å². The summed E-state index contributed by atoms with van der Waals surface area (Å²) in [6, 6.07) is 7.86. The molecule has 0 aliphatic rings. The lowest BCUT2D eigenvalue weighted by atomic mass is 10.1. The van der Waals surface area contributed by atoms with E-state index >= 15 is 0 Å². The Kier molecular flexibility index (Phi) is 4.03. The zero-order valence-corrected chi connectivity index (χ0v) is 7.82. The Hall–Kier alpha value is -1.31. The molecule has 1 aromatic carbocycles. The minimum absolute atomic E-state index is 0.579. The van der Waals surface area contributed by atoms with Gasteiger partial charge in [0, 0.05) is 6.42 Å². The number of carbonyl (C=O) groups excluding carboxylic acids is 1. The van der Waals surface area contributed by atoms with Crippen molar-refractivity contribution in [2.24, 2.45) is 0 Å². The van der Waals surface area contributed by atoms with Gasteiger partial charge >= 0.3 is 0 Å². The highest BCUT2D eigenvalue weighted by Crippen LogP contribution is 2.13. The number of rotatable bonds is 5. The number of benzene rings is 1. The van der Waals surface area contributed by atoms with Crippen molar-refractivity contribution in [2.45, 2.75) is 19.8 Å². The van der Waals surface area contributed by atoms with Gasteiger partial charge in [0.05, 0.1) is 6.61 Å². The van der Waals surface area contributed by atoms with Crippen LogP contribution < -0.4 is 4.74 Å². The lowest BCUT2D eigenvalue weighted by Gasteiger charge is -2.04. The number of hydrogen-bond acceptors (Lipinski definition) is 2. The first-order chi connectivity index (χ1) is 6.36. The Morgan fingerprint density at radius 2 is 2.31 bits per heavy atom. The van der Waals surface area contributed by atoms with Gasteiger partial charge in [-0.1, -0.05) is 12.1 Å². The lowest BCUT2D eigenvalue weighted by molar-refractivity contribution is -0.107.